The minimum atomic E-state index is -0.103. The van der Waals surface area contributed by atoms with Gasteiger partial charge in [0.05, 0.1) is 5.56 Å². The van der Waals surface area contributed by atoms with E-state index in [4.69, 9.17) is 0 Å². The first-order valence-corrected chi connectivity index (χ1v) is 7.81. The first kappa shape index (κ1) is 15.5. The molecule has 1 aliphatic rings. The molecule has 0 saturated carbocycles. The van der Waals surface area contributed by atoms with E-state index >= 15 is 0 Å². The second-order valence-corrected chi connectivity index (χ2v) is 5.34. The molecular formula is C16H24N4O. The molecule has 0 bridgehead atoms. The van der Waals surface area contributed by atoms with Gasteiger partial charge in [0.1, 0.15) is 0 Å². The van der Waals surface area contributed by atoms with Gasteiger partial charge < -0.3 is 10.6 Å². The Morgan fingerprint density at radius 2 is 2.05 bits per heavy atom. The van der Waals surface area contributed by atoms with E-state index in [1.807, 2.05) is 0 Å². The van der Waals surface area contributed by atoms with Gasteiger partial charge in [0.2, 0.25) is 5.95 Å². The number of carbonyl (C=O) groups is 1. The number of amides is 1. The van der Waals surface area contributed by atoms with Crippen molar-refractivity contribution in [3.8, 4) is 0 Å². The van der Waals surface area contributed by atoms with Crippen molar-refractivity contribution in [3.05, 3.63) is 29.6 Å². The zero-order valence-electron chi connectivity index (χ0n) is 12.7. The molecule has 0 aromatic carbocycles. The third kappa shape index (κ3) is 5.17. The average molecular weight is 288 g/mol. The Bertz CT molecular complexity index is 482. The minimum absolute atomic E-state index is 0.103. The van der Waals surface area contributed by atoms with E-state index in [1.165, 1.54) is 31.3 Å². The number of aromatic nitrogens is 2. The van der Waals surface area contributed by atoms with Crippen molar-refractivity contribution in [1.82, 2.24) is 15.3 Å². The third-order valence-electron chi connectivity index (χ3n) is 3.56. The van der Waals surface area contributed by atoms with Crippen LogP contribution < -0.4 is 10.6 Å². The summed E-state index contributed by atoms with van der Waals surface area (Å²) in [4.78, 5) is 20.3. The molecule has 0 spiro atoms. The average Bonchev–Trinajstić information content (AvgIpc) is 2.54. The Kier molecular flexibility index (Phi) is 6.19. The smallest absolute Gasteiger partial charge is 0.254 e. The molecule has 0 saturated heterocycles. The van der Waals surface area contributed by atoms with Crippen LogP contribution in [0.3, 0.4) is 0 Å². The largest absolute Gasteiger partial charge is 0.354 e. The second kappa shape index (κ2) is 8.39. The van der Waals surface area contributed by atoms with E-state index in [9.17, 15) is 4.79 Å². The van der Waals surface area contributed by atoms with Crippen LogP contribution in [-0.2, 0) is 0 Å². The Morgan fingerprint density at radius 1 is 1.24 bits per heavy atom. The fourth-order valence-corrected chi connectivity index (χ4v) is 2.34. The predicted molar refractivity (Wildman–Crippen MR) is 84.3 cm³/mol. The number of hydrogen-bond donors (Lipinski definition) is 2. The molecule has 0 fully saturated rings. The van der Waals surface area contributed by atoms with Crippen LogP contribution in [0.1, 0.15) is 55.8 Å². The highest BCUT2D eigenvalue weighted by atomic mass is 16.1. The van der Waals surface area contributed by atoms with Crippen LogP contribution in [0.2, 0.25) is 0 Å². The molecule has 2 rings (SSSR count). The Balaban J connectivity index is 1.76. The lowest BCUT2D eigenvalue weighted by Gasteiger charge is -2.12. The fourth-order valence-electron chi connectivity index (χ4n) is 2.34. The van der Waals surface area contributed by atoms with Gasteiger partial charge in [-0.2, -0.15) is 0 Å². The summed E-state index contributed by atoms with van der Waals surface area (Å²) in [6.45, 7) is 3.59. The number of allylic oxidation sites excluding steroid dienone is 1. The molecule has 5 heteroatoms. The molecule has 1 aliphatic carbocycles. The molecule has 1 heterocycles. The molecule has 0 unspecified atom stereocenters. The first-order valence-electron chi connectivity index (χ1n) is 7.81. The number of nitrogens with zero attached hydrogens (tertiary/aromatic N) is 2. The summed E-state index contributed by atoms with van der Waals surface area (Å²) in [5.41, 5.74) is 1.98. The van der Waals surface area contributed by atoms with Crippen molar-refractivity contribution >= 4 is 11.9 Å². The van der Waals surface area contributed by atoms with Gasteiger partial charge in [0.15, 0.2) is 0 Å². The third-order valence-corrected chi connectivity index (χ3v) is 3.56. The maximum absolute atomic E-state index is 12.0. The van der Waals surface area contributed by atoms with Gasteiger partial charge in [0, 0.05) is 25.5 Å². The van der Waals surface area contributed by atoms with Crippen molar-refractivity contribution in [3.63, 3.8) is 0 Å². The highest BCUT2D eigenvalue weighted by molar-refractivity contribution is 5.93. The summed E-state index contributed by atoms with van der Waals surface area (Å²) in [6.07, 6.45) is 12.4. The van der Waals surface area contributed by atoms with E-state index in [0.29, 0.717) is 18.1 Å². The highest BCUT2D eigenvalue weighted by Gasteiger charge is 2.08. The molecule has 114 valence electrons. The first-order chi connectivity index (χ1) is 10.3. The SMILES string of the molecule is CCCNc1ncc(C(=O)NCCC2=CCCCC2)cn1. The van der Waals surface area contributed by atoms with E-state index in [0.717, 1.165) is 19.4 Å². The molecule has 2 N–H and O–H groups in total. The lowest BCUT2D eigenvalue weighted by Crippen LogP contribution is -2.25. The Labute approximate surface area is 126 Å². The number of hydrogen-bond acceptors (Lipinski definition) is 4. The summed E-state index contributed by atoms with van der Waals surface area (Å²) < 4.78 is 0. The van der Waals surface area contributed by atoms with Gasteiger partial charge in [-0.3, -0.25) is 4.79 Å². The van der Waals surface area contributed by atoms with E-state index < -0.39 is 0 Å². The van der Waals surface area contributed by atoms with Crippen LogP contribution in [-0.4, -0.2) is 29.0 Å². The molecule has 1 amide bonds. The number of carbonyl (C=O) groups excluding carboxylic acids is 1. The van der Waals surface area contributed by atoms with Gasteiger partial charge in [-0.15, -0.1) is 0 Å². The molecule has 0 aliphatic heterocycles. The zero-order valence-corrected chi connectivity index (χ0v) is 12.7. The van der Waals surface area contributed by atoms with Crippen molar-refractivity contribution in [2.75, 3.05) is 18.4 Å². The molecule has 0 radical (unpaired) electrons. The van der Waals surface area contributed by atoms with Gasteiger partial charge in [0.25, 0.3) is 5.91 Å². The number of rotatable bonds is 7. The monoisotopic (exact) mass is 288 g/mol. The summed E-state index contributed by atoms with van der Waals surface area (Å²) in [5.74, 6) is 0.467. The van der Waals surface area contributed by atoms with Crippen LogP contribution in [0.15, 0.2) is 24.0 Å². The second-order valence-electron chi connectivity index (χ2n) is 5.34. The topological polar surface area (TPSA) is 66.9 Å². The fraction of sp³-hybridized carbons (Fsp3) is 0.562. The van der Waals surface area contributed by atoms with Crippen LogP contribution in [0, 0.1) is 0 Å². The zero-order chi connectivity index (χ0) is 14.9. The van der Waals surface area contributed by atoms with Gasteiger partial charge in [-0.1, -0.05) is 18.6 Å². The van der Waals surface area contributed by atoms with Crippen LogP contribution in [0.5, 0.6) is 0 Å². The molecule has 1 aromatic heterocycles. The van der Waals surface area contributed by atoms with Gasteiger partial charge in [-0.25, -0.2) is 9.97 Å². The van der Waals surface area contributed by atoms with Gasteiger partial charge in [-0.05, 0) is 38.5 Å². The van der Waals surface area contributed by atoms with E-state index in [-0.39, 0.29) is 5.91 Å². The molecule has 1 aromatic rings. The predicted octanol–water partition coefficient (Wildman–Crippen LogP) is 2.92. The maximum atomic E-state index is 12.0. The lowest BCUT2D eigenvalue weighted by molar-refractivity contribution is 0.0953. The Morgan fingerprint density at radius 3 is 2.71 bits per heavy atom. The Hall–Kier alpha value is -1.91. The van der Waals surface area contributed by atoms with Crippen molar-refractivity contribution in [2.24, 2.45) is 0 Å². The van der Waals surface area contributed by atoms with E-state index in [1.54, 1.807) is 12.4 Å². The van der Waals surface area contributed by atoms with Crippen LogP contribution in [0.25, 0.3) is 0 Å². The lowest BCUT2D eigenvalue weighted by atomic mass is 9.97. The normalized spacial score (nSPS) is 14.4. The quantitative estimate of drug-likeness (QED) is 0.757. The molecule has 21 heavy (non-hydrogen) atoms. The molecule has 0 atom stereocenters. The van der Waals surface area contributed by atoms with E-state index in [2.05, 4.69) is 33.6 Å². The summed E-state index contributed by atoms with van der Waals surface area (Å²) >= 11 is 0. The molecular weight excluding hydrogens is 264 g/mol. The summed E-state index contributed by atoms with van der Waals surface area (Å²) in [5, 5.41) is 6.01. The number of nitrogens with one attached hydrogen (secondary N) is 2. The minimum Gasteiger partial charge on any atom is -0.354 e. The summed E-state index contributed by atoms with van der Waals surface area (Å²) in [6, 6.07) is 0. The maximum Gasteiger partial charge on any atom is 0.254 e. The molecule has 5 nitrogen and oxygen atoms in total. The van der Waals surface area contributed by atoms with Crippen LogP contribution in [0.4, 0.5) is 5.95 Å². The van der Waals surface area contributed by atoms with Crippen LogP contribution >= 0.6 is 0 Å². The van der Waals surface area contributed by atoms with Crippen molar-refractivity contribution in [1.29, 1.82) is 0 Å². The highest BCUT2D eigenvalue weighted by Crippen LogP contribution is 2.19. The summed E-state index contributed by atoms with van der Waals surface area (Å²) in [7, 11) is 0. The number of anilines is 1. The standard InChI is InChI=1S/C16H24N4O/c1-2-9-18-16-19-11-14(12-20-16)15(21)17-10-8-13-6-4-3-5-7-13/h6,11-12H,2-5,7-10H2,1H3,(H,17,21)(H,18,19,20). The van der Waals surface area contributed by atoms with Crippen molar-refractivity contribution < 1.29 is 4.79 Å². The van der Waals surface area contributed by atoms with Crippen molar-refractivity contribution in [2.45, 2.75) is 45.4 Å². The van der Waals surface area contributed by atoms with Gasteiger partial charge >= 0.3 is 0 Å².